The van der Waals surface area contributed by atoms with Crippen molar-refractivity contribution >= 4 is 11.7 Å². The zero-order valence-corrected chi connectivity index (χ0v) is 13.3. The molecule has 0 spiro atoms. The lowest BCUT2D eigenvalue weighted by Crippen LogP contribution is -2.19. The first kappa shape index (κ1) is 16.5. The predicted molar refractivity (Wildman–Crippen MR) is 81.6 cm³/mol. The number of hydrogen-bond acceptors (Lipinski definition) is 3. The fraction of sp³-hybridized carbons (Fsp3) is 0.438. The number of nitrogens with one attached hydrogen (secondary N) is 1. The summed E-state index contributed by atoms with van der Waals surface area (Å²) in [6.07, 6.45) is -0.546. The summed E-state index contributed by atoms with van der Waals surface area (Å²) >= 11 is 0. The smallest absolute Gasteiger partial charge is 0.305 e. The number of aryl methyl sites for hydroxylation is 1. The van der Waals surface area contributed by atoms with Crippen LogP contribution in [-0.2, 0) is 6.18 Å². The van der Waals surface area contributed by atoms with E-state index in [0.29, 0.717) is 12.1 Å². The molecular weight excluding hydrogens is 321 g/mol. The first-order chi connectivity index (χ1) is 11.3. The minimum atomic E-state index is -4.64. The van der Waals surface area contributed by atoms with Crippen LogP contribution in [-0.4, -0.2) is 20.7 Å². The van der Waals surface area contributed by atoms with E-state index in [0.717, 1.165) is 30.8 Å². The number of carbonyl (C=O) groups excluding carboxylic acids is 1. The number of hydrogen-bond donors (Lipinski definition) is 1. The zero-order chi connectivity index (χ0) is 17.5. The fourth-order valence-electron chi connectivity index (χ4n) is 2.74. The second-order valence-electron chi connectivity index (χ2n) is 6.07. The maximum absolute atomic E-state index is 13.0. The summed E-state index contributed by atoms with van der Waals surface area (Å²) in [5.41, 5.74) is -0.680. The molecular formula is C16H17F3N4O. The Morgan fingerprint density at radius 2 is 2.12 bits per heavy atom. The van der Waals surface area contributed by atoms with Gasteiger partial charge in [0.25, 0.3) is 5.91 Å². The van der Waals surface area contributed by atoms with Crippen LogP contribution < -0.4 is 5.32 Å². The maximum Gasteiger partial charge on any atom is 0.418 e. The van der Waals surface area contributed by atoms with Crippen molar-refractivity contribution in [1.29, 1.82) is 0 Å². The molecule has 0 saturated heterocycles. The average molecular weight is 338 g/mol. The molecule has 1 amide bonds. The Kier molecular flexibility index (Phi) is 4.06. The van der Waals surface area contributed by atoms with E-state index in [-0.39, 0.29) is 11.9 Å². The van der Waals surface area contributed by atoms with E-state index in [1.54, 1.807) is 6.07 Å². The largest absolute Gasteiger partial charge is 0.418 e. The summed E-state index contributed by atoms with van der Waals surface area (Å²) in [6.45, 7) is 3.91. The van der Waals surface area contributed by atoms with Crippen molar-refractivity contribution in [2.45, 2.75) is 38.9 Å². The highest BCUT2D eigenvalue weighted by Crippen LogP contribution is 2.40. The van der Waals surface area contributed by atoms with Crippen molar-refractivity contribution in [3.8, 4) is 0 Å². The maximum atomic E-state index is 13.0. The highest BCUT2D eigenvalue weighted by atomic mass is 19.4. The summed E-state index contributed by atoms with van der Waals surface area (Å²) in [6, 6.07) is 2.92. The molecule has 1 aliphatic rings. The van der Waals surface area contributed by atoms with E-state index in [9.17, 15) is 18.0 Å². The van der Waals surface area contributed by atoms with Crippen LogP contribution in [0.5, 0.6) is 0 Å². The van der Waals surface area contributed by atoms with Crippen LogP contribution in [0.2, 0.25) is 0 Å². The van der Waals surface area contributed by atoms with E-state index in [1.165, 1.54) is 0 Å². The lowest BCUT2D eigenvalue weighted by atomic mass is 10.1. The van der Waals surface area contributed by atoms with Crippen LogP contribution in [0.25, 0.3) is 0 Å². The van der Waals surface area contributed by atoms with Crippen molar-refractivity contribution in [1.82, 2.24) is 14.8 Å². The summed E-state index contributed by atoms with van der Waals surface area (Å²) in [4.78, 5) is 15.7. The Morgan fingerprint density at radius 3 is 2.75 bits per heavy atom. The fourth-order valence-corrected chi connectivity index (χ4v) is 2.74. The molecule has 0 aliphatic heterocycles. The molecule has 24 heavy (non-hydrogen) atoms. The Bertz CT molecular complexity index is 765. The Balaban J connectivity index is 1.82. The van der Waals surface area contributed by atoms with Gasteiger partial charge in [0.1, 0.15) is 0 Å². The van der Waals surface area contributed by atoms with Gasteiger partial charge in [-0.25, -0.2) is 0 Å². The van der Waals surface area contributed by atoms with E-state index >= 15 is 0 Å². The predicted octanol–water partition coefficient (Wildman–Crippen LogP) is 3.83. The molecule has 0 aromatic carbocycles. The quantitative estimate of drug-likeness (QED) is 0.922. The molecule has 2 aromatic rings. The van der Waals surface area contributed by atoms with Gasteiger partial charge in [-0.2, -0.15) is 18.3 Å². The first-order valence-electron chi connectivity index (χ1n) is 7.66. The monoisotopic (exact) mass is 338 g/mol. The lowest BCUT2D eigenvalue weighted by Gasteiger charge is -2.13. The van der Waals surface area contributed by atoms with Crippen molar-refractivity contribution in [3.63, 3.8) is 0 Å². The van der Waals surface area contributed by atoms with Gasteiger partial charge >= 0.3 is 6.18 Å². The number of rotatable bonds is 4. The molecule has 8 heteroatoms. The van der Waals surface area contributed by atoms with E-state index in [1.807, 2.05) is 18.5 Å². The van der Waals surface area contributed by atoms with Gasteiger partial charge in [0.05, 0.1) is 17.2 Å². The van der Waals surface area contributed by atoms with Crippen LogP contribution in [0, 0.1) is 12.8 Å². The van der Waals surface area contributed by atoms with Gasteiger partial charge in [-0.1, -0.05) is 0 Å². The molecule has 0 unspecified atom stereocenters. The molecule has 0 bridgehead atoms. The van der Waals surface area contributed by atoms with Gasteiger partial charge in [-0.05, 0) is 38.7 Å². The SMILES string of the molecule is Cc1cc(NC(=O)c2ccncc2C(F)(F)F)nn1[C@@H](C)C1CC1. The van der Waals surface area contributed by atoms with Gasteiger partial charge in [0, 0.05) is 24.2 Å². The van der Waals surface area contributed by atoms with Gasteiger partial charge in [0.2, 0.25) is 0 Å². The molecule has 1 N–H and O–H groups in total. The van der Waals surface area contributed by atoms with Gasteiger partial charge in [-0.15, -0.1) is 0 Å². The van der Waals surface area contributed by atoms with E-state index in [2.05, 4.69) is 15.4 Å². The van der Waals surface area contributed by atoms with E-state index in [4.69, 9.17) is 0 Å². The van der Waals surface area contributed by atoms with Crippen molar-refractivity contribution in [2.24, 2.45) is 5.92 Å². The Morgan fingerprint density at radius 1 is 1.42 bits per heavy atom. The number of halogens is 3. The minimum Gasteiger partial charge on any atom is -0.305 e. The van der Waals surface area contributed by atoms with Crippen LogP contribution >= 0.6 is 0 Å². The molecule has 1 fully saturated rings. The number of alkyl halides is 3. The molecule has 128 valence electrons. The van der Waals surface area contributed by atoms with Crippen LogP contribution in [0.1, 0.15) is 47.4 Å². The molecule has 1 aliphatic carbocycles. The molecule has 1 atom stereocenters. The third-order valence-electron chi connectivity index (χ3n) is 4.23. The van der Waals surface area contributed by atoms with Gasteiger partial charge in [-0.3, -0.25) is 14.5 Å². The third kappa shape index (κ3) is 3.27. The zero-order valence-electron chi connectivity index (χ0n) is 13.3. The summed E-state index contributed by atoms with van der Waals surface area (Å²) in [7, 11) is 0. The molecule has 0 radical (unpaired) electrons. The Hall–Kier alpha value is -2.38. The van der Waals surface area contributed by atoms with Crippen molar-refractivity contribution in [2.75, 3.05) is 5.32 Å². The van der Waals surface area contributed by atoms with Crippen molar-refractivity contribution < 1.29 is 18.0 Å². The standard InChI is InChI=1S/C16H17F3N4O/c1-9-7-14(22-23(9)10(2)11-3-4-11)21-15(24)12-5-6-20-8-13(12)16(17,18)19/h5-8,10-11H,3-4H2,1-2H3,(H,21,22,24)/t10-/m0/s1. The van der Waals surface area contributed by atoms with Gasteiger partial charge < -0.3 is 5.32 Å². The highest BCUT2D eigenvalue weighted by Gasteiger charge is 2.36. The third-order valence-corrected chi connectivity index (χ3v) is 4.23. The number of nitrogens with zero attached hydrogens (tertiary/aromatic N) is 3. The summed E-state index contributed by atoms with van der Waals surface area (Å²) in [5, 5.41) is 6.76. The van der Waals surface area contributed by atoms with Gasteiger partial charge in [0.15, 0.2) is 5.82 Å². The number of anilines is 1. The number of amides is 1. The topological polar surface area (TPSA) is 59.8 Å². The van der Waals surface area contributed by atoms with Crippen LogP contribution in [0.15, 0.2) is 24.5 Å². The molecule has 2 aromatic heterocycles. The van der Waals surface area contributed by atoms with Crippen molar-refractivity contribution in [3.05, 3.63) is 41.3 Å². The number of pyridine rings is 1. The second kappa shape index (κ2) is 5.92. The van der Waals surface area contributed by atoms with Crippen LogP contribution in [0.3, 0.4) is 0 Å². The highest BCUT2D eigenvalue weighted by molar-refractivity contribution is 6.04. The molecule has 2 heterocycles. The number of aromatic nitrogens is 3. The average Bonchev–Trinajstić information content (AvgIpc) is 3.30. The summed E-state index contributed by atoms with van der Waals surface area (Å²) < 4.78 is 40.7. The summed E-state index contributed by atoms with van der Waals surface area (Å²) in [5.74, 6) is -0.0347. The van der Waals surface area contributed by atoms with Crippen LogP contribution in [0.4, 0.5) is 19.0 Å². The second-order valence-corrected chi connectivity index (χ2v) is 6.07. The molecule has 3 rings (SSSR count). The first-order valence-corrected chi connectivity index (χ1v) is 7.66. The Labute approximate surface area is 136 Å². The minimum absolute atomic E-state index is 0.210. The number of carbonyl (C=O) groups is 1. The lowest BCUT2D eigenvalue weighted by molar-refractivity contribution is -0.138. The van der Waals surface area contributed by atoms with E-state index < -0.39 is 23.2 Å². The normalized spacial score (nSPS) is 16.0. The molecule has 1 saturated carbocycles. The molecule has 5 nitrogen and oxygen atoms in total.